The van der Waals surface area contributed by atoms with Gasteiger partial charge in [0, 0.05) is 16.7 Å². The van der Waals surface area contributed by atoms with Gasteiger partial charge in [-0.3, -0.25) is 0 Å². The summed E-state index contributed by atoms with van der Waals surface area (Å²) in [5.74, 6) is 7.84. The molecule has 8 heteroatoms. The van der Waals surface area contributed by atoms with Crippen LogP contribution in [-0.4, -0.2) is 19.9 Å². The summed E-state index contributed by atoms with van der Waals surface area (Å²) in [6.45, 7) is 2.08. The lowest BCUT2D eigenvalue weighted by atomic mass is 10.2. The number of rotatable bonds is 5. The van der Waals surface area contributed by atoms with Gasteiger partial charge in [0.05, 0.1) is 12.0 Å². The number of furan rings is 1. The number of nitrogens with zero attached hydrogens (tertiary/aromatic N) is 4. The molecule has 3 heterocycles. The summed E-state index contributed by atoms with van der Waals surface area (Å²) in [5.41, 5.74) is 3.37. The van der Waals surface area contributed by atoms with Gasteiger partial charge in [0.2, 0.25) is 11.0 Å². The molecule has 1 aromatic carbocycles. The Kier molecular flexibility index (Phi) is 4.29. The first kappa shape index (κ1) is 15.9. The van der Waals surface area contributed by atoms with Gasteiger partial charge in [0.25, 0.3) is 0 Å². The standard InChI is InChI=1S/C17H15N5OS2/c1-11-4-6-12(7-5-11)16-19-13(9-24-16)10-25-17-21-20-15(22(17)18)14-3-2-8-23-14/h2-9H,10,18H2,1H3. The Morgan fingerprint density at radius 3 is 2.80 bits per heavy atom. The van der Waals surface area contributed by atoms with E-state index in [1.165, 1.54) is 22.0 Å². The molecule has 0 amide bonds. The SMILES string of the molecule is Cc1ccc(-c2nc(CSc3nnc(-c4ccco4)n3N)cs2)cc1. The first-order valence-corrected chi connectivity index (χ1v) is 9.46. The van der Waals surface area contributed by atoms with Crippen LogP contribution in [0.1, 0.15) is 11.3 Å². The minimum Gasteiger partial charge on any atom is -0.461 e. The molecule has 0 saturated heterocycles. The van der Waals surface area contributed by atoms with Gasteiger partial charge in [-0.05, 0) is 19.1 Å². The fourth-order valence-electron chi connectivity index (χ4n) is 2.29. The van der Waals surface area contributed by atoms with E-state index < -0.39 is 0 Å². The van der Waals surface area contributed by atoms with Gasteiger partial charge in [0.15, 0.2) is 5.76 Å². The van der Waals surface area contributed by atoms with Crippen molar-refractivity contribution in [1.29, 1.82) is 0 Å². The van der Waals surface area contributed by atoms with E-state index in [-0.39, 0.29) is 0 Å². The number of hydrogen-bond acceptors (Lipinski definition) is 7. The van der Waals surface area contributed by atoms with E-state index in [0.717, 1.165) is 16.3 Å². The maximum Gasteiger partial charge on any atom is 0.218 e. The monoisotopic (exact) mass is 369 g/mol. The van der Waals surface area contributed by atoms with Crippen LogP contribution in [0.25, 0.3) is 22.2 Å². The van der Waals surface area contributed by atoms with Crippen molar-refractivity contribution in [3.05, 3.63) is 59.3 Å². The largest absolute Gasteiger partial charge is 0.461 e. The summed E-state index contributed by atoms with van der Waals surface area (Å²) >= 11 is 3.13. The zero-order valence-corrected chi connectivity index (χ0v) is 15.0. The van der Waals surface area contributed by atoms with Crippen molar-refractivity contribution in [2.75, 3.05) is 5.84 Å². The summed E-state index contributed by atoms with van der Waals surface area (Å²) < 4.78 is 6.76. The molecule has 0 unspecified atom stereocenters. The number of thioether (sulfide) groups is 1. The predicted molar refractivity (Wildman–Crippen MR) is 99.7 cm³/mol. The van der Waals surface area contributed by atoms with Crippen LogP contribution < -0.4 is 5.84 Å². The molecule has 0 fully saturated rings. The average Bonchev–Trinajstić information content (AvgIpc) is 3.34. The van der Waals surface area contributed by atoms with Crippen LogP contribution in [0, 0.1) is 6.92 Å². The van der Waals surface area contributed by atoms with Crippen molar-refractivity contribution in [2.24, 2.45) is 0 Å². The second-order valence-electron chi connectivity index (χ2n) is 5.45. The van der Waals surface area contributed by atoms with Crippen molar-refractivity contribution < 1.29 is 4.42 Å². The van der Waals surface area contributed by atoms with Gasteiger partial charge in [-0.15, -0.1) is 21.5 Å². The van der Waals surface area contributed by atoms with E-state index in [0.29, 0.717) is 22.5 Å². The minimum atomic E-state index is 0.506. The van der Waals surface area contributed by atoms with Crippen molar-refractivity contribution in [3.63, 3.8) is 0 Å². The van der Waals surface area contributed by atoms with Crippen molar-refractivity contribution in [3.8, 4) is 22.2 Å². The van der Waals surface area contributed by atoms with Crippen LogP contribution in [-0.2, 0) is 5.75 Å². The second kappa shape index (κ2) is 6.73. The van der Waals surface area contributed by atoms with Gasteiger partial charge in [-0.2, -0.15) is 0 Å². The first-order valence-electron chi connectivity index (χ1n) is 7.59. The molecule has 0 aliphatic carbocycles. The zero-order valence-electron chi connectivity index (χ0n) is 13.4. The molecule has 2 N–H and O–H groups in total. The van der Waals surface area contributed by atoms with Crippen LogP contribution in [0.15, 0.2) is 57.6 Å². The van der Waals surface area contributed by atoms with Crippen LogP contribution in [0.3, 0.4) is 0 Å². The summed E-state index contributed by atoms with van der Waals surface area (Å²) in [6, 6.07) is 12.0. The number of aromatic nitrogens is 4. The zero-order chi connectivity index (χ0) is 17.2. The van der Waals surface area contributed by atoms with E-state index in [4.69, 9.17) is 15.2 Å². The number of thiazole rings is 1. The third-order valence-corrected chi connectivity index (χ3v) is 5.52. The molecule has 0 aliphatic rings. The van der Waals surface area contributed by atoms with Crippen LogP contribution in [0.2, 0.25) is 0 Å². The predicted octanol–water partition coefficient (Wildman–Crippen LogP) is 3.98. The molecule has 0 bridgehead atoms. The van der Waals surface area contributed by atoms with Crippen molar-refractivity contribution in [1.82, 2.24) is 19.9 Å². The Labute approximate surface area is 152 Å². The van der Waals surface area contributed by atoms with E-state index in [1.807, 2.05) is 0 Å². The molecule has 4 aromatic rings. The molecule has 0 atom stereocenters. The Morgan fingerprint density at radius 2 is 2.04 bits per heavy atom. The lowest BCUT2D eigenvalue weighted by Gasteiger charge is -2.00. The van der Waals surface area contributed by atoms with Gasteiger partial charge in [0.1, 0.15) is 5.01 Å². The maximum absolute atomic E-state index is 6.06. The van der Waals surface area contributed by atoms with Crippen molar-refractivity contribution >= 4 is 23.1 Å². The summed E-state index contributed by atoms with van der Waals surface area (Å²) in [4.78, 5) is 4.69. The van der Waals surface area contributed by atoms with Crippen LogP contribution in [0.4, 0.5) is 0 Å². The summed E-state index contributed by atoms with van der Waals surface area (Å²) in [5, 5.41) is 11.9. The highest BCUT2D eigenvalue weighted by Crippen LogP contribution is 2.28. The van der Waals surface area contributed by atoms with Gasteiger partial charge >= 0.3 is 0 Å². The average molecular weight is 369 g/mol. The Bertz CT molecular complexity index is 973. The topological polar surface area (TPSA) is 82.8 Å². The summed E-state index contributed by atoms with van der Waals surface area (Å²) in [7, 11) is 0. The maximum atomic E-state index is 6.06. The van der Waals surface area contributed by atoms with E-state index >= 15 is 0 Å². The summed E-state index contributed by atoms with van der Waals surface area (Å²) in [6.07, 6.45) is 1.58. The fourth-order valence-corrected chi connectivity index (χ4v) is 3.97. The third-order valence-electron chi connectivity index (χ3n) is 3.61. The molecular formula is C17H15N5OS2. The van der Waals surface area contributed by atoms with Crippen molar-refractivity contribution in [2.45, 2.75) is 17.8 Å². The highest BCUT2D eigenvalue weighted by Gasteiger charge is 2.15. The van der Waals surface area contributed by atoms with Crippen LogP contribution >= 0.6 is 23.1 Å². The van der Waals surface area contributed by atoms with E-state index in [9.17, 15) is 0 Å². The highest BCUT2D eigenvalue weighted by atomic mass is 32.2. The molecule has 0 spiro atoms. The molecule has 4 rings (SSSR count). The third kappa shape index (κ3) is 3.31. The molecule has 3 aromatic heterocycles. The Hall–Kier alpha value is -2.58. The normalized spacial score (nSPS) is 11.1. The number of benzene rings is 1. The number of hydrogen-bond donors (Lipinski definition) is 1. The van der Waals surface area contributed by atoms with Crippen LogP contribution in [0.5, 0.6) is 0 Å². The van der Waals surface area contributed by atoms with E-state index in [1.54, 1.807) is 29.7 Å². The Balaban J connectivity index is 1.46. The molecule has 0 aliphatic heterocycles. The molecule has 0 radical (unpaired) electrons. The Morgan fingerprint density at radius 1 is 1.20 bits per heavy atom. The van der Waals surface area contributed by atoms with Gasteiger partial charge < -0.3 is 10.3 Å². The highest BCUT2D eigenvalue weighted by molar-refractivity contribution is 7.98. The number of nitrogen functional groups attached to an aromatic ring is 1. The number of nitrogens with two attached hydrogens (primary N) is 1. The molecular weight excluding hydrogens is 354 g/mol. The second-order valence-corrected chi connectivity index (χ2v) is 7.25. The van der Waals surface area contributed by atoms with E-state index in [2.05, 4.69) is 46.8 Å². The fraction of sp³-hybridized carbons (Fsp3) is 0.118. The quantitative estimate of drug-likeness (QED) is 0.423. The number of aryl methyl sites for hydroxylation is 1. The first-order chi connectivity index (χ1) is 12.2. The molecule has 6 nitrogen and oxygen atoms in total. The smallest absolute Gasteiger partial charge is 0.218 e. The lowest BCUT2D eigenvalue weighted by molar-refractivity contribution is 0.574. The van der Waals surface area contributed by atoms with Gasteiger partial charge in [-0.25, -0.2) is 9.66 Å². The molecule has 126 valence electrons. The van der Waals surface area contributed by atoms with Gasteiger partial charge in [-0.1, -0.05) is 41.6 Å². The molecule has 0 saturated carbocycles. The lowest BCUT2D eigenvalue weighted by Crippen LogP contribution is -2.11. The minimum absolute atomic E-state index is 0.506. The molecule has 25 heavy (non-hydrogen) atoms.